The van der Waals surface area contributed by atoms with Gasteiger partial charge in [-0.25, -0.2) is 0 Å². The molecule has 2 rings (SSSR count). The van der Waals surface area contributed by atoms with Crippen LogP contribution in [0.25, 0.3) is 0 Å². The van der Waals surface area contributed by atoms with Crippen LogP contribution < -0.4 is 10.1 Å². The van der Waals surface area contributed by atoms with Crippen LogP contribution in [0.3, 0.4) is 0 Å². The molecular formula is C21H27NO2. The second kappa shape index (κ2) is 7.52. The van der Waals surface area contributed by atoms with Gasteiger partial charge in [-0.1, -0.05) is 62.7 Å². The van der Waals surface area contributed by atoms with Gasteiger partial charge >= 0.3 is 0 Å². The number of nitrogens with one attached hydrogen (secondary N) is 1. The summed E-state index contributed by atoms with van der Waals surface area (Å²) in [5, 5.41) is 2.97. The molecule has 1 N–H and O–H groups in total. The number of benzene rings is 2. The number of hydrogen-bond donors (Lipinski definition) is 1. The van der Waals surface area contributed by atoms with Crippen molar-refractivity contribution in [3.8, 4) is 5.75 Å². The van der Waals surface area contributed by atoms with Gasteiger partial charge in [-0.3, -0.25) is 4.79 Å². The van der Waals surface area contributed by atoms with Crippen LogP contribution in [0.4, 0.5) is 0 Å². The number of aryl methyl sites for hydroxylation is 1. The van der Waals surface area contributed by atoms with E-state index in [2.05, 4.69) is 50.4 Å². The summed E-state index contributed by atoms with van der Waals surface area (Å²) in [6.07, 6.45) is 0. The van der Waals surface area contributed by atoms with Crippen molar-refractivity contribution in [2.45, 2.75) is 46.1 Å². The normalized spacial score (nSPS) is 12.5. The Hall–Kier alpha value is -2.29. The first-order valence-electron chi connectivity index (χ1n) is 8.35. The van der Waals surface area contributed by atoms with Crippen LogP contribution in [-0.4, -0.2) is 12.5 Å². The summed E-state index contributed by atoms with van der Waals surface area (Å²) < 4.78 is 5.51. The van der Waals surface area contributed by atoms with Gasteiger partial charge in [0.05, 0.1) is 6.04 Å². The molecule has 0 aliphatic carbocycles. The summed E-state index contributed by atoms with van der Waals surface area (Å²) >= 11 is 0. The zero-order valence-electron chi connectivity index (χ0n) is 15.2. The number of amides is 1. The highest BCUT2D eigenvalue weighted by Gasteiger charge is 2.15. The lowest BCUT2D eigenvalue weighted by atomic mass is 9.86. The quantitative estimate of drug-likeness (QED) is 0.876. The smallest absolute Gasteiger partial charge is 0.258 e. The Morgan fingerprint density at radius 3 is 2.17 bits per heavy atom. The van der Waals surface area contributed by atoms with Crippen LogP contribution in [0.15, 0.2) is 48.5 Å². The van der Waals surface area contributed by atoms with E-state index in [4.69, 9.17) is 4.74 Å². The largest absolute Gasteiger partial charge is 0.484 e. The maximum Gasteiger partial charge on any atom is 0.258 e. The predicted octanol–water partition coefficient (Wildman–Crippen LogP) is 4.55. The standard InChI is InChI=1S/C21H27NO2/c1-15-6-12-19(13-7-15)24-14-20(23)22-16(2)17-8-10-18(11-9-17)21(3,4)5/h6-13,16H,14H2,1-5H3,(H,22,23)/t16-/m0/s1. The highest BCUT2D eigenvalue weighted by atomic mass is 16.5. The molecule has 0 aliphatic rings. The molecule has 128 valence electrons. The topological polar surface area (TPSA) is 38.3 Å². The van der Waals surface area contributed by atoms with Gasteiger partial charge < -0.3 is 10.1 Å². The van der Waals surface area contributed by atoms with E-state index < -0.39 is 0 Å². The molecule has 2 aromatic rings. The number of rotatable bonds is 5. The Bertz CT molecular complexity index is 666. The Labute approximate surface area is 145 Å². The monoisotopic (exact) mass is 325 g/mol. The van der Waals surface area contributed by atoms with E-state index in [0.29, 0.717) is 5.75 Å². The van der Waals surface area contributed by atoms with Crippen molar-refractivity contribution in [3.63, 3.8) is 0 Å². The van der Waals surface area contributed by atoms with Gasteiger partial charge in [-0.15, -0.1) is 0 Å². The Morgan fingerprint density at radius 2 is 1.62 bits per heavy atom. The van der Waals surface area contributed by atoms with E-state index in [-0.39, 0.29) is 24.0 Å². The fraction of sp³-hybridized carbons (Fsp3) is 0.381. The molecule has 3 heteroatoms. The van der Waals surface area contributed by atoms with Crippen LogP contribution in [0, 0.1) is 6.92 Å². The zero-order chi connectivity index (χ0) is 17.7. The van der Waals surface area contributed by atoms with E-state index in [1.54, 1.807) is 0 Å². The van der Waals surface area contributed by atoms with Gasteiger partial charge in [0.25, 0.3) is 5.91 Å². The Balaban J connectivity index is 1.88. The molecule has 0 aromatic heterocycles. The molecule has 0 radical (unpaired) electrons. The highest BCUT2D eigenvalue weighted by Crippen LogP contribution is 2.23. The fourth-order valence-electron chi connectivity index (χ4n) is 2.42. The van der Waals surface area contributed by atoms with E-state index in [1.165, 1.54) is 11.1 Å². The van der Waals surface area contributed by atoms with Crippen molar-refractivity contribution in [1.29, 1.82) is 0 Å². The lowest BCUT2D eigenvalue weighted by Gasteiger charge is -2.20. The van der Waals surface area contributed by atoms with Gasteiger partial charge in [0.2, 0.25) is 0 Å². The SMILES string of the molecule is Cc1ccc(OCC(=O)N[C@@H](C)c2ccc(C(C)(C)C)cc2)cc1. The number of hydrogen-bond acceptors (Lipinski definition) is 2. The van der Waals surface area contributed by atoms with Crippen molar-refractivity contribution < 1.29 is 9.53 Å². The molecule has 0 unspecified atom stereocenters. The summed E-state index contributed by atoms with van der Waals surface area (Å²) in [7, 11) is 0. The van der Waals surface area contributed by atoms with Crippen molar-refractivity contribution in [3.05, 3.63) is 65.2 Å². The second-order valence-corrected chi connectivity index (χ2v) is 7.26. The third-order valence-electron chi connectivity index (χ3n) is 4.05. The maximum atomic E-state index is 12.1. The number of carbonyl (C=O) groups excluding carboxylic acids is 1. The first-order valence-corrected chi connectivity index (χ1v) is 8.35. The van der Waals surface area contributed by atoms with Crippen molar-refractivity contribution >= 4 is 5.91 Å². The van der Waals surface area contributed by atoms with Crippen LogP contribution in [0.5, 0.6) is 5.75 Å². The molecule has 1 atom stereocenters. The maximum absolute atomic E-state index is 12.1. The van der Waals surface area contributed by atoms with Crippen LogP contribution in [0.1, 0.15) is 50.4 Å². The molecule has 0 heterocycles. The first kappa shape index (κ1) is 18.1. The summed E-state index contributed by atoms with van der Waals surface area (Å²) in [5.74, 6) is 0.584. The average molecular weight is 325 g/mol. The van der Waals surface area contributed by atoms with Crippen molar-refractivity contribution in [2.24, 2.45) is 0 Å². The predicted molar refractivity (Wildman–Crippen MR) is 98.4 cm³/mol. The lowest BCUT2D eigenvalue weighted by Crippen LogP contribution is -2.31. The van der Waals surface area contributed by atoms with E-state index >= 15 is 0 Å². The van der Waals surface area contributed by atoms with Crippen molar-refractivity contribution in [1.82, 2.24) is 5.32 Å². The molecule has 1 amide bonds. The first-order chi connectivity index (χ1) is 11.3. The van der Waals surface area contributed by atoms with Crippen molar-refractivity contribution in [2.75, 3.05) is 6.61 Å². The van der Waals surface area contributed by atoms with E-state index in [0.717, 1.165) is 5.56 Å². The van der Waals surface area contributed by atoms with Crippen LogP contribution >= 0.6 is 0 Å². The van der Waals surface area contributed by atoms with Gasteiger partial charge in [-0.2, -0.15) is 0 Å². The fourth-order valence-corrected chi connectivity index (χ4v) is 2.42. The number of carbonyl (C=O) groups is 1. The van der Waals surface area contributed by atoms with Crippen LogP contribution in [0.2, 0.25) is 0 Å². The van der Waals surface area contributed by atoms with Gasteiger partial charge in [0, 0.05) is 0 Å². The molecule has 24 heavy (non-hydrogen) atoms. The minimum atomic E-state index is -0.122. The molecule has 3 nitrogen and oxygen atoms in total. The average Bonchev–Trinajstić information content (AvgIpc) is 2.53. The third kappa shape index (κ3) is 5.12. The Kier molecular flexibility index (Phi) is 5.66. The number of ether oxygens (including phenoxy) is 1. The van der Waals surface area contributed by atoms with Gasteiger partial charge in [-0.05, 0) is 42.5 Å². The summed E-state index contributed by atoms with van der Waals surface area (Å²) in [5.41, 5.74) is 3.67. The Morgan fingerprint density at radius 1 is 1.04 bits per heavy atom. The molecule has 0 spiro atoms. The van der Waals surface area contributed by atoms with E-state index in [1.807, 2.05) is 38.1 Å². The highest BCUT2D eigenvalue weighted by molar-refractivity contribution is 5.78. The summed E-state index contributed by atoms with van der Waals surface area (Å²) in [4.78, 5) is 12.1. The molecule has 0 saturated heterocycles. The van der Waals surface area contributed by atoms with Gasteiger partial charge in [0.1, 0.15) is 5.75 Å². The summed E-state index contributed by atoms with van der Waals surface area (Å²) in [6.45, 7) is 10.6. The molecule has 0 fully saturated rings. The van der Waals surface area contributed by atoms with Gasteiger partial charge in [0.15, 0.2) is 6.61 Å². The minimum absolute atomic E-state index is 0.0213. The second-order valence-electron chi connectivity index (χ2n) is 7.26. The molecule has 2 aromatic carbocycles. The van der Waals surface area contributed by atoms with Crippen LogP contribution in [-0.2, 0) is 10.2 Å². The summed E-state index contributed by atoms with van der Waals surface area (Å²) in [6, 6.07) is 16.0. The molecular weight excluding hydrogens is 298 g/mol. The molecule has 0 bridgehead atoms. The molecule has 0 saturated carbocycles. The zero-order valence-corrected chi connectivity index (χ0v) is 15.2. The van der Waals surface area contributed by atoms with E-state index in [9.17, 15) is 4.79 Å². The lowest BCUT2D eigenvalue weighted by molar-refractivity contribution is -0.123. The minimum Gasteiger partial charge on any atom is -0.484 e. The molecule has 0 aliphatic heterocycles. The third-order valence-corrected chi connectivity index (χ3v) is 4.05.